The first-order valence-electron chi connectivity index (χ1n) is 6.44. The number of nitrogens with one attached hydrogen (secondary N) is 1. The number of amidine groups is 1. The van der Waals surface area contributed by atoms with Gasteiger partial charge in [-0.25, -0.2) is 9.98 Å². The first-order valence-corrected chi connectivity index (χ1v) is 7.66. The zero-order valence-electron chi connectivity index (χ0n) is 11.5. The van der Waals surface area contributed by atoms with Gasteiger partial charge >= 0.3 is 0 Å². The van der Waals surface area contributed by atoms with Gasteiger partial charge in [-0.05, 0) is 30.9 Å². The standard InChI is InChI=1S/C14H16N4OS/c1-3-4-5-13-18-11-8-10(6-7-12(11)19-13)17-14(20-2)16-9-15/h6-8H,3-5H2,1-2H3,(H,16,17). The van der Waals surface area contributed by atoms with E-state index in [1.165, 1.54) is 11.8 Å². The molecule has 0 amide bonds. The van der Waals surface area contributed by atoms with Crippen molar-refractivity contribution >= 4 is 33.7 Å². The first-order chi connectivity index (χ1) is 9.76. The number of hydrogen-bond acceptors (Lipinski definition) is 5. The number of nitriles is 1. The van der Waals surface area contributed by atoms with Crippen LogP contribution in [-0.2, 0) is 6.42 Å². The third-order valence-electron chi connectivity index (χ3n) is 2.75. The van der Waals surface area contributed by atoms with Gasteiger partial charge in [-0.2, -0.15) is 5.26 Å². The summed E-state index contributed by atoms with van der Waals surface area (Å²) >= 11 is 1.38. The van der Waals surface area contributed by atoms with E-state index in [-0.39, 0.29) is 0 Å². The van der Waals surface area contributed by atoms with E-state index >= 15 is 0 Å². The Morgan fingerprint density at radius 3 is 3.10 bits per heavy atom. The molecule has 0 saturated heterocycles. The Balaban J connectivity index is 2.26. The second-order valence-corrected chi connectivity index (χ2v) is 5.02. The van der Waals surface area contributed by atoms with Gasteiger partial charge in [-0.3, -0.25) is 5.32 Å². The van der Waals surface area contributed by atoms with Crippen LogP contribution in [0.2, 0.25) is 0 Å². The first kappa shape index (κ1) is 14.4. The van der Waals surface area contributed by atoms with E-state index in [4.69, 9.17) is 9.68 Å². The van der Waals surface area contributed by atoms with Crippen LogP contribution < -0.4 is 5.32 Å². The highest BCUT2D eigenvalue weighted by atomic mass is 32.2. The third-order valence-corrected chi connectivity index (χ3v) is 3.33. The Kier molecular flexibility index (Phi) is 5.02. The molecule has 2 rings (SSSR count). The quantitative estimate of drug-likeness (QED) is 0.403. The number of thioether (sulfide) groups is 1. The minimum absolute atomic E-state index is 0.557. The molecule has 5 nitrogen and oxygen atoms in total. The van der Waals surface area contributed by atoms with Crippen molar-refractivity contribution in [3.63, 3.8) is 0 Å². The molecule has 2 aromatic rings. The van der Waals surface area contributed by atoms with Crippen LogP contribution in [0.1, 0.15) is 25.7 Å². The second-order valence-electron chi connectivity index (χ2n) is 4.22. The maximum atomic E-state index is 8.62. The average Bonchev–Trinajstić information content (AvgIpc) is 2.86. The minimum Gasteiger partial charge on any atom is -0.441 e. The molecule has 1 aromatic carbocycles. The number of benzene rings is 1. The lowest BCUT2D eigenvalue weighted by molar-refractivity contribution is 0.517. The molecule has 6 heteroatoms. The predicted molar refractivity (Wildman–Crippen MR) is 82.0 cm³/mol. The predicted octanol–water partition coefficient (Wildman–Crippen LogP) is 3.59. The van der Waals surface area contributed by atoms with Gasteiger partial charge in [0.25, 0.3) is 0 Å². The van der Waals surface area contributed by atoms with E-state index < -0.39 is 0 Å². The van der Waals surface area contributed by atoms with Crippen molar-refractivity contribution in [2.75, 3.05) is 6.26 Å². The molecule has 20 heavy (non-hydrogen) atoms. The van der Waals surface area contributed by atoms with Gasteiger partial charge in [0.1, 0.15) is 5.52 Å². The molecule has 0 saturated carbocycles. The minimum atomic E-state index is 0.557. The number of aliphatic imine (C=N–C) groups is 1. The molecule has 0 aliphatic heterocycles. The fourth-order valence-corrected chi connectivity index (χ4v) is 2.10. The van der Waals surface area contributed by atoms with E-state index in [2.05, 4.69) is 22.2 Å². The van der Waals surface area contributed by atoms with E-state index in [1.807, 2.05) is 30.6 Å². The maximum absolute atomic E-state index is 8.62. The lowest BCUT2D eigenvalue weighted by Gasteiger charge is -1.98. The van der Waals surface area contributed by atoms with Crippen LogP contribution >= 0.6 is 11.8 Å². The fourth-order valence-electron chi connectivity index (χ4n) is 1.76. The van der Waals surface area contributed by atoms with Crippen molar-refractivity contribution in [3.05, 3.63) is 24.1 Å². The summed E-state index contributed by atoms with van der Waals surface area (Å²) in [7, 11) is 0. The van der Waals surface area contributed by atoms with Crippen molar-refractivity contribution in [2.24, 2.45) is 4.99 Å². The van der Waals surface area contributed by atoms with E-state index in [0.717, 1.165) is 41.9 Å². The van der Waals surface area contributed by atoms with Crippen molar-refractivity contribution in [3.8, 4) is 6.19 Å². The normalized spacial score (nSPS) is 11.6. The Morgan fingerprint density at radius 1 is 1.55 bits per heavy atom. The summed E-state index contributed by atoms with van der Waals surface area (Å²) in [6.07, 6.45) is 6.77. The maximum Gasteiger partial charge on any atom is 0.195 e. The van der Waals surface area contributed by atoms with E-state index in [1.54, 1.807) is 0 Å². The zero-order valence-corrected chi connectivity index (χ0v) is 12.3. The number of nitrogens with zero attached hydrogens (tertiary/aromatic N) is 3. The molecule has 0 aliphatic carbocycles. The highest BCUT2D eigenvalue weighted by Crippen LogP contribution is 2.23. The van der Waals surface area contributed by atoms with Crippen LogP contribution in [0.3, 0.4) is 0 Å². The second kappa shape index (κ2) is 6.96. The van der Waals surface area contributed by atoms with Gasteiger partial charge in [0.05, 0.1) is 5.69 Å². The Hall–Kier alpha value is -2.00. The lowest BCUT2D eigenvalue weighted by Crippen LogP contribution is -2.12. The van der Waals surface area contributed by atoms with E-state index in [0.29, 0.717) is 5.17 Å². The number of hydrogen-bond donors (Lipinski definition) is 1. The fraction of sp³-hybridized carbons (Fsp3) is 0.357. The largest absolute Gasteiger partial charge is 0.441 e. The number of aromatic nitrogens is 1. The van der Waals surface area contributed by atoms with Gasteiger partial charge in [-0.15, -0.1) is 0 Å². The Bertz CT molecular complexity index is 657. The van der Waals surface area contributed by atoms with Crippen LogP contribution in [0, 0.1) is 11.5 Å². The highest BCUT2D eigenvalue weighted by molar-refractivity contribution is 8.13. The van der Waals surface area contributed by atoms with Gasteiger partial charge in [0.2, 0.25) is 0 Å². The van der Waals surface area contributed by atoms with Crippen LogP contribution in [0.4, 0.5) is 5.69 Å². The average molecular weight is 288 g/mol. The Labute approximate surface area is 122 Å². The molecule has 0 spiro atoms. The van der Waals surface area contributed by atoms with Gasteiger partial charge in [0.15, 0.2) is 22.8 Å². The Morgan fingerprint density at radius 2 is 2.40 bits per heavy atom. The number of fused-ring (bicyclic) bond motifs is 1. The van der Waals surface area contributed by atoms with Crippen LogP contribution in [0.5, 0.6) is 0 Å². The third kappa shape index (κ3) is 3.52. The number of unbranched alkanes of at least 4 members (excludes halogenated alkanes) is 1. The van der Waals surface area contributed by atoms with Crippen molar-refractivity contribution in [1.82, 2.24) is 10.3 Å². The smallest absolute Gasteiger partial charge is 0.195 e. The summed E-state index contributed by atoms with van der Waals surface area (Å²) < 4.78 is 5.67. The zero-order chi connectivity index (χ0) is 14.4. The van der Waals surface area contributed by atoms with Crippen LogP contribution in [0.15, 0.2) is 27.6 Å². The summed E-state index contributed by atoms with van der Waals surface area (Å²) in [6, 6.07) is 5.58. The summed E-state index contributed by atoms with van der Waals surface area (Å²) in [5.41, 5.74) is 2.32. The molecule has 104 valence electrons. The molecule has 1 heterocycles. The number of rotatable bonds is 4. The summed E-state index contributed by atoms with van der Waals surface area (Å²) in [5, 5.41) is 11.7. The van der Waals surface area contributed by atoms with Gasteiger partial charge < -0.3 is 4.42 Å². The number of oxazole rings is 1. The topological polar surface area (TPSA) is 74.2 Å². The van der Waals surface area contributed by atoms with Crippen molar-refractivity contribution in [2.45, 2.75) is 26.2 Å². The highest BCUT2D eigenvalue weighted by Gasteiger charge is 2.06. The molecule has 0 bridgehead atoms. The van der Waals surface area contributed by atoms with Crippen LogP contribution in [0.25, 0.3) is 11.1 Å². The van der Waals surface area contributed by atoms with Crippen molar-refractivity contribution in [1.29, 1.82) is 5.26 Å². The molecular weight excluding hydrogens is 272 g/mol. The number of aryl methyl sites for hydroxylation is 1. The van der Waals surface area contributed by atoms with Gasteiger partial charge in [-0.1, -0.05) is 25.1 Å². The molecule has 1 N–H and O–H groups in total. The molecular formula is C14H16N4OS. The monoisotopic (exact) mass is 288 g/mol. The van der Waals surface area contributed by atoms with Crippen LogP contribution in [-0.4, -0.2) is 16.4 Å². The molecule has 0 unspecified atom stereocenters. The summed E-state index contributed by atoms with van der Waals surface area (Å²) in [6.45, 7) is 2.14. The molecule has 0 aliphatic rings. The molecule has 0 atom stereocenters. The van der Waals surface area contributed by atoms with Gasteiger partial charge in [0, 0.05) is 6.42 Å². The molecule has 1 aromatic heterocycles. The van der Waals surface area contributed by atoms with E-state index in [9.17, 15) is 0 Å². The summed E-state index contributed by atoms with van der Waals surface area (Å²) in [5.74, 6) is 0.767. The van der Waals surface area contributed by atoms with Crippen molar-refractivity contribution < 1.29 is 4.42 Å². The lowest BCUT2D eigenvalue weighted by atomic mass is 10.2. The summed E-state index contributed by atoms with van der Waals surface area (Å²) in [4.78, 5) is 8.81. The molecule has 0 radical (unpaired) electrons. The molecule has 0 fully saturated rings. The SMILES string of the molecule is CCCCc1nc2cc(N=C(NC#N)SC)ccc2o1.